The van der Waals surface area contributed by atoms with Crippen molar-refractivity contribution in [1.82, 2.24) is 15.1 Å². The number of para-hydroxylation sites is 1. The van der Waals surface area contributed by atoms with Gasteiger partial charge in [0.1, 0.15) is 11.4 Å². The van der Waals surface area contributed by atoms with E-state index < -0.39 is 0 Å². The largest absolute Gasteiger partial charge is 0.497 e. The maximum atomic E-state index is 13.2. The van der Waals surface area contributed by atoms with Crippen molar-refractivity contribution in [2.24, 2.45) is 0 Å². The fourth-order valence-electron chi connectivity index (χ4n) is 3.54. The molecule has 0 saturated heterocycles. The second kappa shape index (κ2) is 8.47. The molecule has 0 fully saturated rings. The summed E-state index contributed by atoms with van der Waals surface area (Å²) >= 11 is 0. The molecule has 2 heterocycles. The van der Waals surface area contributed by atoms with Crippen LogP contribution >= 0.6 is 0 Å². The Bertz CT molecular complexity index is 1250. The zero-order valence-electron chi connectivity index (χ0n) is 17.4. The fourth-order valence-corrected chi connectivity index (χ4v) is 3.54. The van der Waals surface area contributed by atoms with E-state index in [1.54, 1.807) is 18.0 Å². The van der Waals surface area contributed by atoms with Gasteiger partial charge in [0.25, 0.3) is 5.91 Å². The zero-order valence-corrected chi connectivity index (χ0v) is 17.4. The molecule has 32 heavy (non-hydrogen) atoms. The van der Waals surface area contributed by atoms with Crippen LogP contribution in [0.4, 0.5) is 0 Å². The third kappa shape index (κ3) is 3.88. The lowest BCUT2D eigenvalue weighted by Crippen LogP contribution is -2.23. The van der Waals surface area contributed by atoms with Crippen molar-refractivity contribution in [2.75, 3.05) is 13.9 Å². The second-order valence-corrected chi connectivity index (χ2v) is 7.27. The van der Waals surface area contributed by atoms with Gasteiger partial charge in [-0.05, 0) is 54.1 Å². The highest BCUT2D eigenvalue weighted by Gasteiger charge is 2.19. The number of ether oxygens (including phenoxy) is 3. The van der Waals surface area contributed by atoms with E-state index in [1.807, 2.05) is 72.8 Å². The van der Waals surface area contributed by atoms with Gasteiger partial charge in [-0.15, -0.1) is 0 Å². The zero-order chi connectivity index (χ0) is 21.9. The Morgan fingerprint density at radius 3 is 2.59 bits per heavy atom. The van der Waals surface area contributed by atoms with Crippen molar-refractivity contribution >= 4 is 5.91 Å². The van der Waals surface area contributed by atoms with Crippen LogP contribution < -0.4 is 19.5 Å². The summed E-state index contributed by atoms with van der Waals surface area (Å²) in [7, 11) is 1.62. The number of nitrogens with zero attached hydrogens (tertiary/aromatic N) is 2. The average Bonchev–Trinajstić information content (AvgIpc) is 3.50. The van der Waals surface area contributed by atoms with Crippen molar-refractivity contribution in [3.63, 3.8) is 0 Å². The Balaban J connectivity index is 1.44. The molecule has 1 aliphatic rings. The Morgan fingerprint density at radius 1 is 1.03 bits per heavy atom. The van der Waals surface area contributed by atoms with Crippen molar-refractivity contribution in [2.45, 2.75) is 6.54 Å². The normalized spacial score (nSPS) is 11.9. The van der Waals surface area contributed by atoms with E-state index in [1.165, 1.54) is 0 Å². The Labute approximate surface area is 185 Å². The van der Waals surface area contributed by atoms with E-state index in [9.17, 15) is 4.79 Å². The summed E-state index contributed by atoms with van der Waals surface area (Å²) in [5.41, 5.74) is 3.70. The number of fused-ring (bicyclic) bond motifs is 1. The SMILES string of the molecule is COc1ccc(-c2nn(-c3ccccc3)cc2C(=O)NCc2ccc3c(c2)OCO3)cc1. The monoisotopic (exact) mass is 427 g/mol. The van der Waals surface area contributed by atoms with Gasteiger partial charge in [0.15, 0.2) is 11.5 Å². The topological polar surface area (TPSA) is 74.6 Å². The van der Waals surface area contributed by atoms with Crippen LogP contribution in [-0.4, -0.2) is 29.6 Å². The van der Waals surface area contributed by atoms with Crippen LogP contribution in [0.3, 0.4) is 0 Å². The first-order chi connectivity index (χ1) is 15.7. The minimum absolute atomic E-state index is 0.212. The molecule has 0 saturated carbocycles. The summed E-state index contributed by atoms with van der Waals surface area (Å²) in [6.45, 7) is 0.573. The van der Waals surface area contributed by atoms with E-state index in [2.05, 4.69) is 5.32 Å². The van der Waals surface area contributed by atoms with Crippen LogP contribution in [0.25, 0.3) is 16.9 Å². The number of carbonyl (C=O) groups is 1. The maximum absolute atomic E-state index is 13.2. The number of benzene rings is 3. The fraction of sp³-hybridized carbons (Fsp3) is 0.120. The number of aromatic nitrogens is 2. The standard InChI is InChI=1S/C25H21N3O4/c1-30-20-10-8-18(9-11-20)24-21(15-28(27-24)19-5-3-2-4-6-19)25(29)26-14-17-7-12-22-23(13-17)32-16-31-22/h2-13,15H,14,16H2,1H3,(H,26,29). The van der Waals surface area contributed by atoms with Crippen LogP contribution in [0.2, 0.25) is 0 Å². The van der Waals surface area contributed by atoms with Gasteiger partial charge < -0.3 is 19.5 Å². The predicted octanol–water partition coefficient (Wildman–Crippen LogP) is 4.21. The molecule has 0 spiro atoms. The molecule has 5 rings (SSSR count). The Hall–Kier alpha value is -4.26. The lowest BCUT2D eigenvalue weighted by molar-refractivity contribution is 0.0951. The number of nitrogens with one attached hydrogen (secondary N) is 1. The lowest BCUT2D eigenvalue weighted by atomic mass is 10.1. The summed E-state index contributed by atoms with van der Waals surface area (Å²) < 4.78 is 17.7. The van der Waals surface area contributed by atoms with E-state index in [0.717, 1.165) is 22.6 Å². The van der Waals surface area contributed by atoms with E-state index in [4.69, 9.17) is 19.3 Å². The second-order valence-electron chi connectivity index (χ2n) is 7.27. The number of methoxy groups -OCH3 is 1. The predicted molar refractivity (Wildman–Crippen MR) is 119 cm³/mol. The van der Waals surface area contributed by atoms with Gasteiger partial charge in [0, 0.05) is 18.3 Å². The summed E-state index contributed by atoms with van der Waals surface area (Å²) in [6, 6.07) is 22.8. The molecule has 7 heteroatoms. The first-order valence-corrected chi connectivity index (χ1v) is 10.2. The molecular formula is C25H21N3O4. The number of rotatable bonds is 6. The van der Waals surface area contributed by atoms with Crippen molar-refractivity contribution in [3.05, 3.63) is 90.1 Å². The summed E-state index contributed by atoms with van der Waals surface area (Å²) in [5, 5.41) is 7.70. The number of hydrogen-bond donors (Lipinski definition) is 1. The summed E-state index contributed by atoms with van der Waals surface area (Å²) in [4.78, 5) is 13.2. The molecular weight excluding hydrogens is 406 g/mol. The van der Waals surface area contributed by atoms with Gasteiger partial charge >= 0.3 is 0 Å². The highest BCUT2D eigenvalue weighted by atomic mass is 16.7. The number of amides is 1. The van der Waals surface area contributed by atoms with Crippen LogP contribution in [0.15, 0.2) is 79.0 Å². The quantitative estimate of drug-likeness (QED) is 0.499. The number of hydrogen-bond acceptors (Lipinski definition) is 5. The van der Waals surface area contributed by atoms with Gasteiger partial charge in [-0.25, -0.2) is 4.68 Å². The molecule has 160 valence electrons. The van der Waals surface area contributed by atoms with Crippen LogP contribution in [-0.2, 0) is 6.54 Å². The van der Waals surface area contributed by atoms with E-state index >= 15 is 0 Å². The van der Waals surface area contributed by atoms with Crippen LogP contribution in [0.1, 0.15) is 15.9 Å². The summed E-state index contributed by atoms with van der Waals surface area (Å²) in [5.74, 6) is 1.93. The first kappa shape index (κ1) is 19.7. The molecule has 1 aliphatic heterocycles. The van der Waals surface area contributed by atoms with Crippen molar-refractivity contribution in [1.29, 1.82) is 0 Å². The smallest absolute Gasteiger partial charge is 0.255 e. The van der Waals surface area contributed by atoms with Crippen LogP contribution in [0, 0.1) is 0 Å². The Morgan fingerprint density at radius 2 is 1.81 bits per heavy atom. The average molecular weight is 427 g/mol. The molecule has 1 aromatic heterocycles. The molecule has 1 N–H and O–H groups in total. The van der Waals surface area contributed by atoms with Crippen molar-refractivity contribution < 1.29 is 19.0 Å². The highest BCUT2D eigenvalue weighted by Crippen LogP contribution is 2.32. The summed E-state index contributed by atoms with van der Waals surface area (Å²) in [6.07, 6.45) is 1.75. The molecule has 0 unspecified atom stereocenters. The molecule has 4 aromatic rings. The number of carbonyl (C=O) groups excluding carboxylic acids is 1. The van der Waals surface area contributed by atoms with E-state index in [0.29, 0.717) is 29.3 Å². The molecule has 0 bridgehead atoms. The molecule has 0 radical (unpaired) electrons. The maximum Gasteiger partial charge on any atom is 0.255 e. The van der Waals surface area contributed by atoms with Gasteiger partial charge in [-0.3, -0.25) is 4.79 Å². The Kier molecular flexibility index (Phi) is 5.21. The third-order valence-corrected chi connectivity index (χ3v) is 5.23. The van der Waals surface area contributed by atoms with Gasteiger partial charge in [-0.2, -0.15) is 5.10 Å². The van der Waals surface area contributed by atoms with Crippen molar-refractivity contribution in [3.8, 4) is 34.2 Å². The molecule has 3 aromatic carbocycles. The lowest BCUT2D eigenvalue weighted by Gasteiger charge is -2.07. The van der Waals surface area contributed by atoms with Gasteiger partial charge in [-0.1, -0.05) is 24.3 Å². The third-order valence-electron chi connectivity index (χ3n) is 5.23. The molecule has 0 atom stereocenters. The molecule has 1 amide bonds. The first-order valence-electron chi connectivity index (χ1n) is 10.2. The molecule has 0 aliphatic carbocycles. The van der Waals surface area contributed by atoms with E-state index in [-0.39, 0.29) is 12.7 Å². The minimum Gasteiger partial charge on any atom is -0.497 e. The van der Waals surface area contributed by atoms with Crippen LogP contribution in [0.5, 0.6) is 17.2 Å². The van der Waals surface area contributed by atoms with Gasteiger partial charge in [0.05, 0.1) is 18.4 Å². The minimum atomic E-state index is -0.212. The molecule has 7 nitrogen and oxygen atoms in total. The van der Waals surface area contributed by atoms with Gasteiger partial charge in [0.2, 0.25) is 6.79 Å². The highest BCUT2D eigenvalue weighted by molar-refractivity contribution is 6.00.